The van der Waals surface area contributed by atoms with Crippen molar-refractivity contribution >= 4 is 0 Å². The Morgan fingerprint density at radius 3 is 2.57 bits per heavy atom. The summed E-state index contributed by atoms with van der Waals surface area (Å²) in [5.41, 5.74) is 3.60. The Balaban J connectivity index is 2.34. The normalized spacial score (nSPS) is 12.3. The topological polar surface area (TPSA) is 56.5 Å². The van der Waals surface area contributed by atoms with Gasteiger partial charge in [-0.05, 0) is 25.5 Å². The van der Waals surface area contributed by atoms with E-state index in [1.165, 1.54) is 0 Å². The summed E-state index contributed by atoms with van der Waals surface area (Å²) in [7, 11) is 5.02. The molecular formula is C16H22N2O3. The van der Waals surface area contributed by atoms with Crippen molar-refractivity contribution in [3.8, 4) is 11.6 Å². The molecule has 0 aliphatic heterocycles. The summed E-state index contributed by atoms with van der Waals surface area (Å²) in [5, 5.41) is 14.9. The lowest BCUT2D eigenvalue weighted by Crippen LogP contribution is -2.06. The molecular weight excluding hydrogens is 268 g/mol. The highest BCUT2D eigenvalue weighted by atomic mass is 16.5. The van der Waals surface area contributed by atoms with Crippen LogP contribution in [0.15, 0.2) is 18.2 Å². The van der Waals surface area contributed by atoms with Gasteiger partial charge in [-0.25, -0.2) is 4.68 Å². The molecule has 1 aromatic heterocycles. The van der Waals surface area contributed by atoms with Crippen molar-refractivity contribution in [2.45, 2.75) is 26.4 Å². The molecule has 0 aliphatic rings. The number of ether oxygens (including phenoxy) is 2. The van der Waals surface area contributed by atoms with Crippen molar-refractivity contribution in [1.82, 2.24) is 9.78 Å². The minimum atomic E-state index is -0.690. The van der Waals surface area contributed by atoms with Crippen molar-refractivity contribution in [3.05, 3.63) is 40.6 Å². The van der Waals surface area contributed by atoms with Crippen LogP contribution in [0, 0.1) is 13.8 Å². The highest BCUT2D eigenvalue weighted by molar-refractivity contribution is 5.40. The van der Waals surface area contributed by atoms with E-state index in [9.17, 15) is 5.11 Å². The molecule has 5 nitrogen and oxygen atoms in total. The van der Waals surface area contributed by atoms with Gasteiger partial charge in [0.2, 0.25) is 5.88 Å². The molecule has 0 amide bonds. The van der Waals surface area contributed by atoms with E-state index in [0.29, 0.717) is 12.3 Å². The van der Waals surface area contributed by atoms with Gasteiger partial charge in [0.25, 0.3) is 0 Å². The highest BCUT2D eigenvalue weighted by Gasteiger charge is 2.22. The molecule has 1 atom stereocenters. The first-order chi connectivity index (χ1) is 9.97. The van der Waals surface area contributed by atoms with Gasteiger partial charge in [0, 0.05) is 13.5 Å². The number of rotatable bonds is 5. The number of hydrogen-bond acceptors (Lipinski definition) is 4. The molecule has 0 aliphatic carbocycles. The molecule has 0 bridgehead atoms. The number of benzene rings is 1. The Bertz CT molecular complexity index is 635. The fourth-order valence-corrected chi connectivity index (χ4v) is 2.66. The van der Waals surface area contributed by atoms with Crippen LogP contribution in [0.2, 0.25) is 0 Å². The zero-order chi connectivity index (χ0) is 15.6. The van der Waals surface area contributed by atoms with Gasteiger partial charge < -0.3 is 14.6 Å². The number of aliphatic hydroxyl groups excluding tert-OH is 1. The molecule has 1 unspecified atom stereocenters. The zero-order valence-electron chi connectivity index (χ0n) is 13.2. The van der Waals surface area contributed by atoms with Crippen LogP contribution in [-0.2, 0) is 13.5 Å². The lowest BCUT2D eigenvalue weighted by atomic mass is 9.99. The minimum Gasteiger partial charge on any atom is -0.496 e. The third kappa shape index (κ3) is 3.03. The summed E-state index contributed by atoms with van der Waals surface area (Å²) in [6.07, 6.45) is -0.238. The number of methoxy groups -OCH3 is 2. The zero-order valence-corrected chi connectivity index (χ0v) is 13.2. The van der Waals surface area contributed by atoms with E-state index >= 15 is 0 Å². The van der Waals surface area contributed by atoms with Gasteiger partial charge in [0.15, 0.2) is 0 Å². The molecule has 1 N–H and O–H groups in total. The number of aryl methyl sites for hydroxylation is 3. The SMILES string of the molecule is COc1ccc(C)cc1CC(O)c1c(C)nn(C)c1OC. The van der Waals surface area contributed by atoms with E-state index in [1.807, 2.05) is 32.0 Å². The number of aromatic nitrogens is 2. The van der Waals surface area contributed by atoms with E-state index in [1.54, 1.807) is 25.9 Å². The van der Waals surface area contributed by atoms with E-state index in [0.717, 1.165) is 28.1 Å². The maximum absolute atomic E-state index is 10.6. The maximum Gasteiger partial charge on any atom is 0.217 e. The van der Waals surface area contributed by atoms with Crippen LogP contribution in [-0.4, -0.2) is 29.1 Å². The Kier molecular flexibility index (Phi) is 4.53. The lowest BCUT2D eigenvalue weighted by Gasteiger charge is -2.15. The van der Waals surface area contributed by atoms with E-state index in [-0.39, 0.29) is 0 Å². The average Bonchev–Trinajstić information content (AvgIpc) is 2.73. The molecule has 21 heavy (non-hydrogen) atoms. The number of hydrogen-bond donors (Lipinski definition) is 1. The average molecular weight is 290 g/mol. The first-order valence-electron chi connectivity index (χ1n) is 6.87. The maximum atomic E-state index is 10.6. The molecule has 114 valence electrons. The molecule has 0 saturated carbocycles. The van der Waals surface area contributed by atoms with Gasteiger partial charge in [-0.1, -0.05) is 17.7 Å². The van der Waals surface area contributed by atoms with E-state index < -0.39 is 6.10 Å². The van der Waals surface area contributed by atoms with Crippen LogP contribution >= 0.6 is 0 Å². The Labute approximate surface area is 125 Å². The molecule has 0 spiro atoms. The predicted octanol–water partition coefficient (Wildman–Crippen LogP) is 2.33. The van der Waals surface area contributed by atoms with Crippen LogP contribution in [0.4, 0.5) is 0 Å². The monoisotopic (exact) mass is 290 g/mol. The first-order valence-corrected chi connectivity index (χ1v) is 6.87. The Morgan fingerprint density at radius 1 is 1.24 bits per heavy atom. The molecule has 5 heteroatoms. The summed E-state index contributed by atoms with van der Waals surface area (Å²) >= 11 is 0. The molecule has 1 heterocycles. The van der Waals surface area contributed by atoms with Crippen molar-refractivity contribution in [2.75, 3.05) is 14.2 Å². The quantitative estimate of drug-likeness (QED) is 0.918. The minimum absolute atomic E-state index is 0.452. The fraction of sp³-hybridized carbons (Fsp3) is 0.438. The summed E-state index contributed by atoms with van der Waals surface area (Å²) in [6.45, 7) is 3.89. The van der Waals surface area contributed by atoms with Crippen molar-refractivity contribution in [3.63, 3.8) is 0 Å². The van der Waals surface area contributed by atoms with Gasteiger partial charge in [-0.3, -0.25) is 0 Å². The molecule has 0 fully saturated rings. The molecule has 1 aromatic carbocycles. The summed E-state index contributed by atoms with van der Waals surface area (Å²) in [6, 6.07) is 5.94. The molecule has 0 radical (unpaired) electrons. The second kappa shape index (κ2) is 6.18. The van der Waals surface area contributed by atoms with Crippen LogP contribution in [0.5, 0.6) is 11.6 Å². The van der Waals surface area contributed by atoms with Crippen molar-refractivity contribution in [1.29, 1.82) is 0 Å². The fourth-order valence-electron chi connectivity index (χ4n) is 2.66. The molecule has 0 saturated heterocycles. The van der Waals surface area contributed by atoms with E-state index in [2.05, 4.69) is 5.10 Å². The van der Waals surface area contributed by atoms with Gasteiger partial charge in [0.1, 0.15) is 5.75 Å². The number of nitrogens with zero attached hydrogens (tertiary/aromatic N) is 2. The Hall–Kier alpha value is -2.01. The first kappa shape index (κ1) is 15.4. The van der Waals surface area contributed by atoms with Crippen LogP contribution in [0.25, 0.3) is 0 Å². The molecule has 2 rings (SSSR count). The van der Waals surface area contributed by atoms with Gasteiger partial charge in [-0.15, -0.1) is 0 Å². The third-order valence-electron chi connectivity index (χ3n) is 3.59. The lowest BCUT2D eigenvalue weighted by molar-refractivity contribution is 0.171. The highest BCUT2D eigenvalue weighted by Crippen LogP contribution is 2.32. The Morgan fingerprint density at radius 2 is 1.95 bits per heavy atom. The molecule has 2 aromatic rings. The summed E-state index contributed by atoms with van der Waals surface area (Å²) < 4.78 is 12.4. The largest absolute Gasteiger partial charge is 0.496 e. The standard InChI is InChI=1S/C16H22N2O3/c1-10-6-7-14(20-4)12(8-10)9-13(19)15-11(2)17-18(3)16(15)21-5/h6-8,13,19H,9H2,1-5H3. The second-order valence-electron chi connectivity index (χ2n) is 5.17. The summed E-state index contributed by atoms with van der Waals surface area (Å²) in [5.74, 6) is 1.37. The smallest absolute Gasteiger partial charge is 0.217 e. The third-order valence-corrected chi connectivity index (χ3v) is 3.59. The predicted molar refractivity (Wildman–Crippen MR) is 80.9 cm³/mol. The summed E-state index contributed by atoms with van der Waals surface area (Å²) in [4.78, 5) is 0. The van der Waals surface area contributed by atoms with E-state index in [4.69, 9.17) is 9.47 Å². The van der Waals surface area contributed by atoms with Crippen molar-refractivity contribution in [2.24, 2.45) is 7.05 Å². The van der Waals surface area contributed by atoms with Gasteiger partial charge >= 0.3 is 0 Å². The second-order valence-corrected chi connectivity index (χ2v) is 5.17. The van der Waals surface area contributed by atoms with Crippen LogP contribution < -0.4 is 9.47 Å². The van der Waals surface area contributed by atoms with Crippen LogP contribution in [0.1, 0.15) is 28.5 Å². The number of aliphatic hydroxyl groups is 1. The van der Waals surface area contributed by atoms with Gasteiger partial charge in [-0.2, -0.15) is 5.10 Å². The van der Waals surface area contributed by atoms with Gasteiger partial charge in [0.05, 0.1) is 31.6 Å². The van der Waals surface area contributed by atoms with Crippen LogP contribution in [0.3, 0.4) is 0 Å². The van der Waals surface area contributed by atoms with Crippen molar-refractivity contribution < 1.29 is 14.6 Å².